The highest BCUT2D eigenvalue weighted by Gasteiger charge is 2.10. The van der Waals surface area contributed by atoms with Gasteiger partial charge >= 0.3 is 0 Å². The molecule has 1 fully saturated rings. The van der Waals surface area contributed by atoms with Crippen LogP contribution in [0.3, 0.4) is 0 Å². The van der Waals surface area contributed by atoms with Crippen LogP contribution in [0.4, 0.5) is 5.69 Å². The number of amides is 1. The molecule has 0 saturated carbocycles. The molecule has 0 unspecified atom stereocenters. The number of carbonyl (C=O) groups excluding carboxylic acids is 1. The smallest absolute Gasteiger partial charge is 0.255 e. The van der Waals surface area contributed by atoms with Crippen molar-refractivity contribution < 1.29 is 9.53 Å². The number of benzene rings is 2. The van der Waals surface area contributed by atoms with Crippen LogP contribution in [0.5, 0.6) is 5.75 Å². The number of hydrogen-bond acceptors (Lipinski definition) is 4. The van der Waals surface area contributed by atoms with E-state index in [1.807, 2.05) is 59.3 Å². The number of aromatic nitrogens is 2. The predicted octanol–water partition coefficient (Wildman–Crippen LogP) is 4.05. The van der Waals surface area contributed by atoms with E-state index in [0.717, 1.165) is 23.5 Å². The lowest BCUT2D eigenvalue weighted by atomic mass is 10.1. The van der Waals surface area contributed by atoms with Crippen LogP contribution >= 0.6 is 0 Å². The fraction of sp³-hybridized carbons (Fsp3) is 0.333. The Morgan fingerprint density at radius 1 is 1.07 bits per heavy atom. The molecule has 1 aromatic heterocycles. The standard InChI is InChI=1S/C24H28N4O2/c29-24(21-6-4-5-20(17-21)18-28-14-11-25-19-28)26-22-7-9-23(10-8-22)30-16-15-27-12-2-1-3-13-27/h4-11,14,17,19H,1-3,12-13,15-16,18H2,(H,26,29). The average Bonchev–Trinajstić information content (AvgIpc) is 3.29. The molecule has 1 N–H and O–H groups in total. The number of carbonyl (C=O) groups is 1. The van der Waals surface area contributed by atoms with Gasteiger partial charge in [-0.25, -0.2) is 4.98 Å². The lowest BCUT2D eigenvalue weighted by Gasteiger charge is -2.26. The Morgan fingerprint density at radius 3 is 2.67 bits per heavy atom. The molecule has 0 aliphatic carbocycles. The largest absolute Gasteiger partial charge is 0.492 e. The quantitative estimate of drug-likeness (QED) is 0.615. The minimum absolute atomic E-state index is 0.124. The van der Waals surface area contributed by atoms with Gasteiger partial charge in [0.05, 0.1) is 6.33 Å². The fourth-order valence-corrected chi connectivity index (χ4v) is 3.72. The Bertz CT molecular complexity index is 932. The van der Waals surface area contributed by atoms with Gasteiger partial charge in [0, 0.05) is 36.7 Å². The van der Waals surface area contributed by atoms with Crippen LogP contribution in [0.15, 0.2) is 67.3 Å². The zero-order valence-electron chi connectivity index (χ0n) is 17.2. The van der Waals surface area contributed by atoms with E-state index in [9.17, 15) is 4.79 Å². The number of anilines is 1. The topological polar surface area (TPSA) is 59.4 Å². The third-order valence-corrected chi connectivity index (χ3v) is 5.35. The fourth-order valence-electron chi connectivity index (χ4n) is 3.72. The van der Waals surface area contributed by atoms with E-state index in [0.29, 0.717) is 18.7 Å². The molecular formula is C24H28N4O2. The summed E-state index contributed by atoms with van der Waals surface area (Å²) in [6, 6.07) is 15.2. The highest BCUT2D eigenvalue weighted by Crippen LogP contribution is 2.17. The molecule has 1 aliphatic heterocycles. The van der Waals surface area contributed by atoms with Crippen LogP contribution in [0.25, 0.3) is 0 Å². The SMILES string of the molecule is O=C(Nc1ccc(OCCN2CCCCC2)cc1)c1cccc(Cn2ccnc2)c1. The molecule has 1 saturated heterocycles. The molecule has 0 bridgehead atoms. The number of nitrogens with one attached hydrogen (secondary N) is 1. The molecule has 1 aliphatic rings. The zero-order valence-corrected chi connectivity index (χ0v) is 17.2. The Balaban J connectivity index is 1.28. The van der Waals surface area contributed by atoms with Crippen molar-refractivity contribution in [3.05, 3.63) is 78.4 Å². The van der Waals surface area contributed by atoms with E-state index >= 15 is 0 Å². The van der Waals surface area contributed by atoms with Crippen LogP contribution in [0, 0.1) is 0 Å². The average molecular weight is 405 g/mol. The third-order valence-electron chi connectivity index (χ3n) is 5.35. The molecule has 4 rings (SSSR count). The lowest BCUT2D eigenvalue weighted by molar-refractivity contribution is 0.102. The second kappa shape index (κ2) is 10.1. The van der Waals surface area contributed by atoms with Crippen LogP contribution in [-0.2, 0) is 6.54 Å². The first-order valence-electron chi connectivity index (χ1n) is 10.6. The van der Waals surface area contributed by atoms with Gasteiger partial charge in [0.25, 0.3) is 5.91 Å². The van der Waals surface area contributed by atoms with Crippen molar-refractivity contribution in [3.63, 3.8) is 0 Å². The van der Waals surface area contributed by atoms with Crippen LogP contribution in [0.1, 0.15) is 35.2 Å². The van der Waals surface area contributed by atoms with E-state index in [2.05, 4.69) is 15.2 Å². The Morgan fingerprint density at radius 2 is 1.90 bits per heavy atom. The summed E-state index contributed by atoms with van der Waals surface area (Å²) in [5, 5.41) is 2.96. The molecular weight excluding hydrogens is 376 g/mol. The molecule has 156 valence electrons. The molecule has 6 heteroatoms. The summed E-state index contributed by atoms with van der Waals surface area (Å²) in [4.78, 5) is 19.1. The van der Waals surface area contributed by atoms with Crippen LogP contribution in [0.2, 0.25) is 0 Å². The van der Waals surface area contributed by atoms with Crippen molar-refractivity contribution in [1.82, 2.24) is 14.5 Å². The second-order valence-corrected chi connectivity index (χ2v) is 7.66. The van der Waals surface area contributed by atoms with Crippen molar-refractivity contribution in [2.45, 2.75) is 25.8 Å². The first kappa shape index (κ1) is 20.2. The minimum atomic E-state index is -0.124. The monoisotopic (exact) mass is 404 g/mol. The molecule has 2 heterocycles. The van der Waals surface area contributed by atoms with Gasteiger partial charge in [-0.1, -0.05) is 18.6 Å². The normalized spacial score (nSPS) is 14.4. The summed E-state index contributed by atoms with van der Waals surface area (Å²) in [5.74, 6) is 0.702. The molecule has 30 heavy (non-hydrogen) atoms. The van der Waals surface area contributed by atoms with Crippen LogP contribution in [-0.4, -0.2) is 46.6 Å². The van der Waals surface area contributed by atoms with Gasteiger partial charge in [-0.2, -0.15) is 0 Å². The maximum atomic E-state index is 12.6. The molecule has 3 aromatic rings. The Kier molecular flexibility index (Phi) is 6.77. The van der Waals surface area contributed by atoms with Crippen molar-refractivity contribution in [2.75, 3.05) is 31.6 Å². The Labute approximate surface area is 177 Å². The number of nitrogens with zero attached hydrogens (tertiary/aromatic N) is 3. The first-order chi connectivity index (χ1) is 14.8. The first-order valence-corrected chi connectivity index (χ1v) is 10.6. The summed E-state index contributed by atoms with van der Waals surface area (Å²) in [5.41, 5.74) is 2.44. The highest BCUT2D eigenvalue weighted by molar-refractivity contribution is 6.04. The van der Waals surface area contributed by atoms with E-state index in [4.69, 9.17) is 4.74 Å². The van der Waals surface area contributed by atoms with E-state index < -0.39 is 0 Å². The zero-order chi connectivity index (χ0) is 20.6. The molecule has 0 radical (unpaired) electrons. The summed E-state index contributed by atoms with van der Waals surface area (Å²) in [7, 11) is 0. The van der Waals surface area contributed by atoms with Gasteiger partial charge in [-0.05, 0) is 67.9 Å². The van der Waals surface area contributed by atoms with E-state index in [1.165, 1.54) is 32.4 Å². The number of likely N-dealkylation sites (tertiary alicyclic amines) is 1. The molecule has 6 nitrogen and oxygen atoms in total. The van der Waals surface area contributed by atoms with Gasteiger partial charge < -0.3 is 14.6 Å². The maximum absolute atomic E-state index is 12.6. The summed E-state index contributed by atoms with van der Waals surface area (Å²) < 4.78 is 7.83. The van der Waals surface area contributed by atoms with Gasteiger partial charge in [0.1, 0.15) is 12.4 Å². The minimum Gasteiger partial charge on any atom is -0.492 e. The van der Waals surface area contributed by atoms with Crippen molar-refractivity contribution in [1.29, 1.82) is 0 Å². The molecule has 1 amide bonds. The molecule has 0 spiro atoms. The van der Waals surface area contributed by atoms with Crippen molar-refractivity contribution in [3.8, 4) is 5.75 Å². The van der Waals surface area contributed by atoms with E-state index in [1.54, 1.807) is 12.5 Å². The summed E-state index contributed by atoms with van der Waals surface area (Å²) in [6.45, 7) is 4.70. The maximum Gasteiger partial charge on any atom is 0.255 e. The van der Waals surface area contributed by atoms with Gasteiger partial charge in [0.2, 0.25) is 0 Å². The van der Waals surface area contributed by atoms with Gasteiger partial charge in [0.15, 0.2) is 0 Å². The number of hydrogen-bond donors (Lipinski definition) is 1. The van der Waals surface area contributed by atoms with E-state index in [-0.39, 0.29) is 5.91 Å². The van der Waals surface area contributed by atoms with Crippen molar-refractivity contribution >= 4 is 11.6 Å². The third kappa shape index (κ3) is 5.70. The van der Waals surface area contributed by atoms with Gasteiger partial charge in [-0.3, -0.25) is 9.69 Å². The van der Waals surface area contributed by atoms with Crippen molar-refractivity contribution in [2.24, 2.45) is 0 Å². The second-order valence-electron chi connectivity index (χ2n) is 7.66. The number of ether oxygens (including phenoxy) is 1. The number of imidazole rings is 1. The lowest BCUT2D eigenvalue weighted by Crippen LogP contribution is -2.33. The van der Waals surface area contributed by atoms with Crippen LogP contribution < -0.4 is 10.1 Å². The van der Waals surface area contributed by atoms with Gasteiger partial charge in [-0.15, -0.1) is 0 Å². The summed E-state index contributed by atoms with van der Waals surface area (Å²) in [6.07, 6.45) is 9.35. The summed E-state index contributed by atoms with van der Waals surface area (Å²) >= 11 is 0. The molecule has 0 atom stereocenters. The Hall–Kier alpha value is -3.12. The number of piperidine rings is 1. The number of rotatable bonds is 8. The molecule has 2 aromatic carbocycles. The highest BCUT2D eigenvalue weighted by atomic mass is 16.5. The predicted molar refractivity (Wildman–Crippen MR) is 118 cm³/mol.